The maximum Gasteiger partial charge on any atom is 0.289 e. The van der Waals surface area contributed by atoms with E-state index in [1.165, 1.54) is 28.3 Å². The Morgan fingerprint density at radius 1 is 1.17 bits per heavy atom. The highest BCUT2D eigenvalue weighted by molar-refractivity contribution is 5.95. The second-order valence-corrected chi connectivity index (χ2v) is 5.88. The van der Waals surface area contributed by atoms with Crippen LogP contribution in [0.25, 0.3) is 16.5 Å². The third-order valence-corrected chi connectivity index (χ3v) is 4.47. The van der Waals surface area contributed by atoms with Crippen LogP contribution in [0.1, 0.15) is 22.5 Å². The second kappa shape index (κ2) is 5.47. The maximum atomic E-state index is 12.3. The Bertz CT molecular complexity index is 887. The van der Waals surface area contributed by atoms with Gasteiger partial charge in [0.2, 0.25) is 0 Å². The summed E-state index contributed by atoms with van der Waals surface area (Å²) in [6.45, 7) is 1.34. The van der Waals surface area contributed by atoms with Gasteiger partial charge in [0.15, 0.2) is 5.76 Å². The summed E-state index contributed by atoms with van der Waals surface area (Å²) in [4.78, 5) is 14.1. The van der Waals surface area contributed by atoms with E-state index in [1.807, 2.05) is 4.90 Å². The number of aryl methyl sites for hydroxylation is 1. The summed E-state index contributed by atoms with van der Waals surface area (Å²) >= 11 is 0. The van der Waals surface area contributed by atoms with E-state index in [-0.39, 0.29) is 5.91 Å². The van der Waals surface area contributed by atoms with Gasteiger partial charge in [-0.1, -0.05) is 24.3 Å². The fraction of sp³-hybridized carbons (Fsp3) is 0.211. The predicted molar refractivity (Wildman–Crippen MR) is 90.1 cm³/mol. The minimum atomic E-state index is -0.0387. The Kier molecular flexibility index (Phi) is 3.30. The van der Waals surface area contributed by atoms with Crippen molar-refractivity contribution in [1.82, 2.24) is 9.47 Å². The molecule has 3 aromatic rings. The molecular formula is C19H18N2O2. The molecule has 0 N–H and O–H groups in total. The number of benzene rings is 1. The molecule has 2 aromatic heterocycles. The minimum absolute atomic E-state index is 0.0387. The topological polar surface area (TPSA) is 38.4 Å². The number of carbonyl (C=O) groups excluding carboxylic acids is 1. The van der Waals surface area contributed by atoms with E-state index < -0.39 is 0 Å². The van der Waals surface area contributed by atoms with E-state index in [1.54, 1.807) is 12.1 Å². The Balaban J connectivity index is 1.61. The zero-order valence-corrected chi connectivity index (χ0v) is 13.0. The second-order valence-electron chi connectivity index (χ2n) is 5.88. The van der Waals surface area contributed by atoms with Crippen LogP contribution in [-0.2, 0) is 7.05 Å². The summed E-state index contributed by atoms with van der Waals surface area (Å²) in [6.07, 6.45) is 6.74. The molecule has 4 rings (SSSR count). The Morgan fingerprint density at radius 3 is 2.78 bits per heavy atom. The lowest BCUT2D eigenvalue weighted by Gasteiger charge is -2.25. The Labute approximate surface area is 134 Å². The molecule has 23 heavy (non-hydrogen) atoms. The zero-order valence-electron chi connectivity index (χ0n) is 13.0. The summed E-state index contributed by atoms with van der Waals surface area (Å²) in [6, 6.07) is 11.9. The van der Waals surface area contributed by atoms with Crippen molar-refractivity contribution < 1.29 is 9.21 Å². The van der Waals surface area contributed by atoms with Gasteiger partial charge >= 0.3 is 0 Å². The largest absolute Gasteiger partial charge is 0.459 e. The highest BCUT2D eigenvalue weighted by atomic mass is 16.3. The maximum absolute atomic E-state index is 12.3. The molecule has 0 radical (unpaired) electrons. The zero-order chi connectivity index (χ0) is 15.8. The average molecular weight is 306 g/mol. The van der Waals surface area contributed by atoms with Gasteiger partial charge in [0.1, 0.15) is 0 Å². The van der Waals surface area contributed by atoms with Gasteiger partial charge in [0.25, 0.3) is 5.91 Å². The van der Waals surface area contributed by atoms with Gasteiger partial charge in [0, 0.05) is 42.8 Å². The standard InChI is InChI=1S/C19H18N2O2/c1-20-13-16(15-5-2-3-6-17(15)20)14-8-10-21(11-9-14)19(22)18-7-4-12-23-18/h2-8,12-13H,9-11H2,1H3. The van der Waals surface area contributed by atoms with Crippen LogP contribution < -0.4 is 0 Å². The summed E-state index contributed by atoms with van der Waals surface area (Å²) in [5.74, 6) is 0.371. The number of amides is 1. The van der Waals surface area contributed by atoms with Crippen LogP contribution in [0.15, 0.2) is 59.4 Å². The van der Waals surface area contributed by atoms with Crippen LogP contribution in [0.4, 0.5) is 0 Å². The minimum Gasteiger partial charge on any atom is -0.459 e. The molecule has 1 aromatic carbocycles. The van der Waals surface area contributed by atoms with Crippen molar-refractivity contribution in [3.63, 3.8) is 0 Å². The highest BCUT2D eigenvalue weighted by Gasteiger charge is 2.22. The number of para-hydroxylation sites is 1. The van der Waals surface area contributed by atoms with Crippen molar-refractivity contribution in [1.29, 1.82) is 0 Å². The molecule has 0 unspecified atom stereocenters. The smallest absolute Gasteiger partial charge is 0.289 e. The molecule has 116 valence electrons. The lowest BCUT2D eigenvalue weighted by molar-refractivity contribution is 0.0741. The quantitative estimate of drug-likeness (QED) is 0.724. The van der Waals surface area contributed by atoms with Gasteiger partial charge in [-0.15, -0.1) is 0 Å². The molecule has 0 spiro atoms. The number of fused-ring (bicyclic) bond motifs is 1. The molecule has 1 aliphatic rings. The van der Waals surface area contributed by atoms with Crippen molar-refractivity contribution in [2.75, 3.05) is 13.1 Å². The number of aromatic nitrogens is 1. The van der Waals surface area contributed by atoms with Crippen LogP contribution in [0, 0.1) is 0 Å². The molecule has 4 heteroatoms. The van der Waals surface area contributed by atoms with Crippen molar-refractivity contribution >= 4 is 22.4 Å². The molecule has 3 heterocycles. The molecule has 4 nitrogen and oxygen atoms in total. The SMILES string of the molecule is Cn1cc(C2=CCN(C(=O)c3ccco3)CC2)c2ccccc21. The lowest BCUT2D eigenvalue weighted by atomic mass is 9.99. The molecular weight excluding hydrogens is 288 g/mol. The third-order valence-electron chi connectivity index (χ3n) is 4.47. The van der Waals surface area contributed by atoms with Gasteiger partial charge in [-0.05, 0) is 30.2 Å². The number of carbonyl (C=O) groups is 1. The molecule has 0 atom stereocenters. The van der Waals surface area contributed by atoms with E-state index in [2.05, 4.69) is 48.2 Å². The highest BCUT2D eigenvalue weighted by Crippen LogP contribution is 2.30. The number of hydrogen-bond donors (Lipinski definition) is 0. The van der Waals surface area contributed by atoms with E-state index in [0.29, 0.717) is 18.8 Å². The summed E-state index contributed by atoms with van der Waals surface area (Å²) in [7, 11) is 2.07. The molecule has 0 saturated heterocycles. The van der Waals surface area contributed by atoms with Crippen LogP contribution in [0.3, 0.4) is 0 Å². The first-order valence-corrected chi connectivity index (χ1v) is 7.80. The normalized spacial score (nSPS) is 15.0. The van der Waals surface area contributed by atoms with Crippen LogP contribution in [0.5, 0.6) is 0 Å². The predicted octanol–water partition coefficient (Wildman–Crippen LogP) is 3.70. The Hall–Kier alpha value is -2.75. The Morgan fingerprint density at radius 2 is 2.04 bits per heavy atom. The average Bonchev–Trinajstić information content (AvgIpc) is 3.23. The van der Waals surface area contributed by atoms with E-state index in [0.717, 1.165) is 6.42 Å². The third kappa shape index (κ3) is 2.36. The summed E-state index contributed by atoms with van der Waals surface area (Å²) in [5, 5.41) is 1.27. The summed E-state index contributed by atoms with van der Waals surface area (Å²) < 4.78 is 7.36. The van der Waals surface area contributed by atoms with E-state index >= 15 is 0 Å². The van der Waals surface area contributed by atoms with Gasteiger partial charge in [-0.25, -0.2) is 0 Å². The molecule has 0 aliphatic carbocycles. The van der Waals surface area contributed by atoms with E-state index in [9.17, 15) is 4.79 Å². The van der Waals surface area contributed by atoms with Crippen molar-refractivity contribution in [3.05, 3.63) is 66.3 Å². The van der Waals surface area contributed by atoms with Gasteiger partial charge in [-0.3, -0.25) is 4.79 Å². The van der Waals surface area contributed by atoms with E-state index in [4.69, 9.17) is 4.42 Å². The molecule has 0 fully saturated rings. The number of nitrogens with zero attached hydrogens (tertiary/aromatic N) is 2. The fourth-order valence-corrected chi connectivity index (χ4v) is 3.25. The molecule has 0 saturated carbocycles. The first-order valence-electron chi connectivity index (χ1n) is 7.80. The van der Waals surface area contributed by atoms with Crippen molar-refractivity contribution in [3.8, 4) is 0 Å². The molecule has 0 bridgehead atoms. The number of furan rings is 1. The first kappa shape index (κ1) is 13.9. The number of rotatable bonds is 2. The fourth-order valence-electron chi connectivity index (χ4n) is 3.25. The van der Waals surface area contributed by atoms with Crippen molar-refractivity contribution in [2.24, 2.45) is 7.05 Å². The molecule has 1 aliphatic heterocycles. The van der Waals surface area contributed by atoms with Crippen LogP contribution in [0.2, 0.25) is 0 Å². The van der Waals surface area contributed by atoms with Crippen LogP contribution >= 0.6 is 0 Å². The van der Waals surface area contributed by atoms with Gasteiger partial charge in [0.05, 0.1) is 6.26 Å². The van der Waals surface area contributed by atoms with Gasteiger partial charge in [-0.2, -0.15) is 0 Å². The van der Waals surface area contributed by atoms with Gasteiger partial charge < -0.3 is 13.9 Å². The molecule has 1 amide bonds. The lowest BCUT2D eigenvalue weighted by Crippen LogP contribution is -2.34. The first-order chi connectivity index (χ1) is 11.2. The summed E-state index contributed by atoms with van der Waals surface area (Å²) in [5.41, 5.74) is 3.82. The van der Waals surface area contributed by atoms with Crippen LogP contribution in [-0.4, -0.2) is 28.5 Å². The van der Waals surface area contributed by atoms with Crippen molar-refractivity contribution in [2.45, 2.75) is 6.42 Å². The monoisotopic (exact) mass is 306 g/mol. The number of hydrogen-bond acceptors (Lipinski definition) is 2.